The molecule has 2 aromatic rings. The summed E-state index contributed by atoms with van der Waals surface area (Å²) in [7, 11) is 0. The van der Waals surface area contributed by atoms with Gasteiger partial charge in [0, 0.05) is 10.4 Å². The van der Waals surface area contributed by atoms with Crippen LogP contribution in [0.15, 0.2) is 59.6 Å². The lowest BCUT2D eigenvalue weighted by atomic mass is 9.85. The number of hydrogen-bond acceptors (Lipinski definition) is 0. The van der Waals surface area contributed by atoms with Crippen molar-refractivity contribution in [3.8, 4) is 0 Å². The summed E-state index contributed by atoms with van der Waals surface area (Å²) in [6.07, 6.45) is 2.97. The Balaban J connectivity index is 2.47. The molecule has 0 aliphatic carbocycles. The zero-order valence-electron chi connectivity index (χ0n) is 11.5. The Morgan fingerprint density at radius 3 is 2.42 bits per heavy atom. The maximum absolute atomic E-state index is 3.91. The van der Waals surface area contributed by atoms with Crippen molar-refractivity contribution in [2.24, 2.45) is 0 Å². The summed E-state index contributed by atoms with van der Waals surface area (Å²) in [5, 5.41) is 0. The first kappa shape index (κ1) is 14.1. The first-order chi connectivity index (χ1) is 9.11. The fourth-order valence-electron chi connectivity index (χ4n) is 2.44. The van der Waals surface area contributed by atoms with E-state index in [4.69, 9.17) is 0 Å². The number of hydrogen-bond donors (Lipinski definition) is 0. The van der Waals surface area contributed by atoms with Gasteiger partial charge in [0.05, 0.1) is 0 Å². The molecular weight excluding hydrogens is 296 g/mol. The molecule has 0 saturated heterocycles. The molecule has 0 heterocycles. The van der Waals surface area contributed by atoms with Crippen LogP contribution < -0.4 is 0 Å². The van der Waals surface area contributed by atoms with E-state index in [1.54, 1.807) is 0 Å². The fraction of sp³-hybridized carbons (Fsp3) is 0.222. The summed E-state index contributed by atoms with van der Waals surface area (Å²) >= 11 is 3.50. The molecule has 0 aliphatic heterocycles. The summed E-state index contributed by atoms with van der Waals surface area (Å²) in [6.45, 7) is 8.24. The molecule has 1 unspecified atom stereocenters. The van der Waals surface area contributed by atoms with Gasteiger partial charge >= 0.3 is 0 Å². The van der Waals surface area contributed by atoms with Crippen LogP contribution in [0, 0.1) is 13.8 Å². The summed E-state index contributed by atoms with van der Waals surface area (Å²) in [4.78, 5) is 0. The average Bonchev–Trinajstić information content (AvgIpc) is 2.40. The quantitative estimate of drug-likeness (QED) is 0.628. The Morgan fingerprint density at radius 2 is 1.79 bits per heavy atom. The van der Waals surface area contributed by atoms with Crippen LogP contribution in [-0.4, -0.2) is 0 Å². The Bertz CT molecular complexity index is 567. The van der Waals surface area contributed by atoms with Crippen LogP contribution in [0.1, 0.15) is 34.6 Å². The molecule has 1 atom stereocenters. The van der Waals surface area contributed by atoms with Crippen LogP contribution >= 0.6 is 15.9 Å². The maximum Gasteiger partial charge on any atom is 0.0175 e. The zero-order valence-corrected chi connectivity index (χ0v) is 13.1. The molecule has 0 radical (unpaired) electrons. The van der Waals surface area contributed by atoms with Gasteiger partial charge in [-0.05, 0) is 49.1 Å². The van der Waals surface area contributed by atoms with Gasteiger partial charge in [-0.2, -0.15) is 0 Å². The maximum atomic E-state index is 3.91. The van der Waals surface area contributed by atoms with Gasteiger partial charge in [-0.1, -0.05) is 57.9 Å². The highest BCUT2D eigenvalue weighted by Crippen LogP contribution is 2.31. The van der Waals surface area contributed by atoms with Crippen molar-refractivity contribution in [2.45, 2.75) is 26.2 Å². The SMILES string of the molecule is C=CCC(c1ccc(Br)cc1)c1cc(C)ccc1C. The number of allylic oxidation sites excluding steroid dienone is 1. The Hall–Kier alpha value is -1.34. The van der Waals surface area contributed by atoms with Crippen molar-refractivity contribution in [3.05, 3.63) is 81.8 Å². The van der Waals surface area contributed by atoms with E-state index in [0.717, 1.165) is 10.9 Å². The highest BCUT2D eigenvalue weighted by atomic mass is 79.9. The van der Waals surface area contributed by atoms with Crippen LogP contribution in [0.25, 0.3) is 0 Å². The summed E-state index contributed by atoms with van der Waals surface area (Å²) in [6, 6.07) is 15.3. The van der Waals surface area contributed by atoms with Crippen molar-refractivity contribution in [2.75, 3.05) is 0 Å². The van der Waals surface area contributed by atoms with E-state index < -0.39 is 0 Å². The molecule has 0 amide bonds. The Morgan fingerprint density at radius 1 is 1.11 bits per heavy atom. The molecule has 0 aromatic heterocycles. The number of benzene rings is 2. The standard InChI is InChI=1S/C18H19Br/c1-4-5-17(15-8-10-16(19)11-9-15)18-12-13(2)6-7-14(18)3/h4,6-12,17H,1,5H2,2-3H3. The molecule has 2 aromatic carbocycles. The second-order valence-corrected chi connectivity index (χ2v) is 5.90. The molecular formula is C18H19Br. The highest BCUT2D eigenvalue weighted by Gasteiger charge is 2.15. The van der Waals surface area contributed by atoms with Gasteiger partial charge in [0.15, 0.2) is 0 Å². The van der Waals surface area contributed by atoms with Crippen molar-refractivity contribution >= 4 is 15.9 Å². The van der Waals surface area contributed by atoms with E-state index in [0.29, 0.717) is 5.92 Å². The first-order valence-corrected chi connectivity index (χ1v) is 7.34. The third-order valence-corrected chi connectivity index (χ3v) is 4.01. The van der Waals surface area contributed by atoms with Gasteiger partial charge in [0.25, 0.3) is 0 Å². The Kier molecular flexibility index (Phi) is 4.60. The minimum Gasteiger partial charge on any atom is -0.103 e. The Labute approximate surface area is 124 Å². The molecule has 1 heteroatoms. The predicted molar refractivity (Wildman–Crippen MR) is 86.7 cm³/mol. The molecule has 19 heavy (non-hydrogen) atoms. The predicted octanol–water partition coefficient (Wildman–Crippen LogP) is 5.77. The van der Waals surface area contributed by atoms with Gasteiger partial charge < -0.3 is 0 Å². The van der Waals surface area contributed by atoms with Crippen molar-refractivity contribution in [1.29, 1.82) is 0 Å². The van der Waals surface area contributed by atoms with Crippen LogP contribution in [-0.2, 0) is 0 Å². The van der Waals surface area contributed by atoms with Crippen molar-refractivity contribution < 1.29 is 0 Å². The highest BCUT2D eigenvalue weighted by molar-refractivity contribution is 9.10. The van der Waals surface area contributed by atoms with Gasteiger partial charge in [-0.25, -0.2) is 0 Å². The molecule has 0 N–H and O–H groups in total. The summed E-state index contributed by atoms with van der Waals surface area (Å²) in [5.41, 5.74) is 5.41. The largest absolute Gasteiger partial charge is 0.103 e. The van der Waals surface area contributed by atoms with Crippen LogP contribution in [0.2, 0.25) is 0 Å². The average molecular weight is 315 g/mol. The summed E-state index contributed by atoms with van der Waals surface area (Å²) < 4.78 is 1.12. The second kappa shape index (κ2) is 6.21. The third kappa shape index (κ3) is 3.36. The molecule has 2 rings (SSSR count). The zero-order chi connectivity index (χ0) is 13.8. The third-order valence-electron chi connectivity index (χ3n) is 3.48. The van der Waals surface area contributed by atoms with E-state index in [1.807, 2.05) is 6.08 Å². The number of aryl methyl sites for hydroxylation is 2. The lowest BCUT2D eigenvalue weighted by Gasteiger charge is -2.19. The minimum atomic E-state index is 0.394. The van der Waals surface area contributed by atoms with Gasteiger partial charge in [0.2, 0.25) is 0 Å². The van der Waals surface area contributed by atoms with Crippen LogP contribution in [0.5, 0.6) is 0 Å². The molecule has 98 valence electrons. The molecule has 0 aliphatic rings. The number of halogens is 1. The lowest BCUT2D eigenvalue weighted by Crippen LogP contribution is -2.03. The van der Waals surface area contributed by atoms with Crippen LogP contribution in [0.3, 0.4) is 0 Å². The molecule has 0 bridgehead atoms. The molecule has 0 saturated carbocycles. The van der Waals surface area contributed by atoms with Gasteiger partial charge in [0.1, 0.15) is 0 Å². The van der Waals surface area contributed by atoms with E-state index >= 15 is 0 Å². The van der Waals surface area contributed by atoms with E-state index in [1.165, 1.54) is 22.3 Å². The van der Waals surface area contributed by atoms with E-state index in [2.05, 4.69) is 78.8 Å². The second-order valence-electron chi connectivity index (χ2n) is 4.99. The van der Waals surface area contributed by atoms with Crippen molar-refractivity contribution in [3.63, 3.8) is 0 Å². The number of rotatable bonds is 4. The van der Waals surface area contributed by atoms with Gasteiger partial charge in [-0.3, -0.25) is 0 Å². The van der Waals surface area contributed by atoms with E-state index in [-0.39, 0.29) is 0 Å². The molecule has 0 nitrogen and oxygen atoms in total. The van der Waals surface area contributed by atoms with Crippen molar-refractivity contribution in [1.82, 2.24) is 0 Å². The fourth-order valence-corrected chi connectivity index (χ4v) is 2.70. The van der Waals surface area contributed by atoms with Crippen LogP contribution in [0.4, 0.5) is 0 Å². The smallest absolute Gasteiger partial charge is 0.0175 e. The summed E-state index contributed by atoms with van der Waals surface area (Å²) in [5.74, 6) is 0.394. The minimum absolute atomic E-state index is 0.394. The first-order valence-electron chi connectivity index (χ1n) is 6.55. The van der Waals surface area contributed by atoms with Gasteiger partial charge in [-0.15, -0.1) is 6.58 Å². The molecule has 0 fully saturated rings. The molecule has 0 spiro atoms. The topological polar surface area (TPSA) is 0 Å². The normalized spacial score (nSPS) is 12.2. The lowest BCUT2D eigenvalue weighted by molar-refractivity contribution is 0.821. The van der Waals surface area contributed by atoms with E-state index in [9.17, 15) is 0 Å². The monoisotopic (exact) mass is 314 g/mol.